The molecule has 0 spiro atoms. The van der Waals surface area contributed by atoms with Crippen LogP contribution in [0.5, 0.6) is 0 Å². The van der Waals surface area contributed by atoms with Crippen LogP contribution in [0, 0.1) is 0 Å². The van der Waals surface area contributed by atoms with E-state index in [4.69, 9.17) is 5.11 Å². The lowest BCUT2D eigenvalue weighted by molar-refractivity contribution is -0.136. The van der Waals surface area contributed by atoms with Crippen LogP contribution in [0.1, 0.15) is 32.8 Å². The summed E-state index contributed by atoms with van der Waals surface area (Å²) in [4.78, 5) is 14.2. The first-order chi connectivity index (χ1) is 8.88. The van der Waals surface area contributed by atoms with Gasteiger partial charge in [-0.25, -0.2) is 0 Å². The summed E-state index contributed by atoms with van der Waals surface area (Å²) in [5, 5.41) is 8.81. The molecule has 0 unspecified atom stereocenters. The predicted molar refractivity (Wildman–Crippen MR) is 80.3 cm³/mol. The Bertz CT molecular complexity index is 480. The SMILES string of the molecule is CC(C)(C)c1ccc2c(c1)SCCN2CCC(=O)O. The van der Waals surface area contributed by atoms with Crippen molar-refractivity contribution < 1.29 is 9.90 Å². The minimum atomic E-state index is -0.730. The highest BCUT2D eigenvalue weighted by Gasteiger charge is 2.21. The van der Waals surface area contributed by atoms with Gasteiger partial charge in [-0.1, -0.05) is 26.8 Å². The highest BCUT2D eigenvalue weighted by atomic mass is 32.2. The first-order valence-corrected chi connectivity index (χ1v) is 7.60. The van der Waals surface area contributed by atoms with E-state index < -0.39 is 5.97 Å². The summed E-state index contributed by atoms with van der Waals surface area (Å²) in [6, 6.07) is 6.56. The summed E-state index contributed by atoms with van der Waals surface area (Å²) < 4.78 is 0. The molecule has 0 radical (unpaired) electrons. The van der Waals surface area contributed by atoms with Gasteiger partial charge in [0, 0.05) is 23.7 Å². The molecule has 104 valence electrons. The van der Waals surface area contributed by atoms with E-state index in [9.17, 15) is 4.79 Å². The van der Waals surface area contributed by atoms with E-state index in [0.717, 1.165) is 12.3 Å². The summed E-state index contributed by atoms with van der Waals surface area (Å²) in [6.07, 6.45) is 0.200. The lowest BCUT2D eigenvalue weighted by Crippen LogP contribution is -2.31. The zero-order valence-electron chi connectivity index (χ0n) is 11.8. The molecule has 0 fully saturated rings. The van der Waals surface area contributed by atoms with Crippen molar-refractivity contribution in [3.63, 3.8) is 0 Å². The minimum absolute atomic E-state index is 0.152. The first-order valence-electron chi connectivity index (χ1n) is 6.62. The number of fused-ring (bicyclic) bond motifs is 1. The van der Waals surface area contributed by atoms with Crippen molar-refractivity contribution in [2.24, 2.45) is 0 Å². The van der Waals surface area contributed by atoms with Crippen LogP contribution in [-0.2, 0) is 10.2 Å². The lowest BCUT2D eigenvalue weighted by atomic mass is 9.87. The molecule has 0 atom stereocenters. The quantitative estimate of drug-likeness (QED) is 0.921. The van der Waals surface area contributed by atoms with Crippen LogP contribution in [0.3, 0.4) is 0 Å². The monoisotopic (exact) mass is 279 g/mol. The molecule has 0 saturated heterocycles. The van der Waals surface area contributed by atoms with Crippen LogP contribution in [-0.4, -0.2) is 29.9 Å². The summed E-state index contributed by atoms with van der Waals surface area (Å²) in [7, 11) is 0. The zero-order valence-corrected chi connectivity index (χ0v) is 12.6. The minimum Gasteiger partial charge on any atom is -0.481 e. The number of hydrogen-bond donors (Lipinski definition) is 1. The van der Waals surface area contributed by atoms with Gasteiger partial charge in [0.25, 0.3) is 0 Å². The van der Waals surface area contributed by atoms with Crippen molar-refractivity contribution >= 4 is 23.4 Å². The molecule has 0 aromatic heterocycles. The molecule has 0 amide bonds. The summed E-state index contributed by atoms with van der Waals surface area (Å²) in [5.74, 6) is 0.298. The van der Waals surface area contributed by atoms with E-state index in [1.54, 1.807) is 0 Å². The molecule has 1 N–H and O–H groups in total. The zero-order chi connectivity index (χ0) is 14.0. The number of anilines is 1. The van der Waals surface area contributed by atoms with Crippen molar-refractivity contribution in [3.05, 3.63) is 23.8 Å². The Labute approximate surface area is 119 Å². The molecule has 0 bridgehead atoms. The number of hydrogen-bond acceptors (Lipinski definition) is 3. The molecule has 1 aliphatic heterocycles. The van der Waals surface area contributed by atoms with Crippen LogP contribution in [0.25, 0.3) is 0 Å². The maximum absolute atomic E-state index is 10.7. The molecule has 0 aliphatic carbocycles. The highest BCUT2D eigenvalue weighted by Crippen LogP contribution is 2.37. The highest BCUT2D eigenvalue weighted by molar-refractivity contribution is 7.99. The Morgan fingerprint density at radius 1 is 1.42 bits per heavy atom. The van der Waals surface area contributed by atoms with Gasteiger partial charge in [-0.15, -0.1) is 11.8 Å². The Morgan fingerprint density at radius 2 is 2.16 bits per heavy atom. The Hall–Kier alpha value is -1.16. The van der Waals surface area contributed by atoms with Crippen LogP contribution in [0.15, 0.2) is 23.1 Å². The average Bonchev–Trinajstić information content (AvgIpc) is 2.34. The van der Waals surface area contributed by atoms with Gasteiger partial charge in [0.1, 0.15) is 0 Å². The van der Waals surface area contributed by atoms with E-state index in [2.05, 4.69) is 43.9 Å². The molecule has 4 heteroatoms. The van der Waals surface area contributed by atoms with Gasteiger partial charge in [-0.3, -0.25) is 4.79 Å². The van der Waals surface area contributed by atoms with Crippen molar-refractivity contribution in [1.82, 2.24) is 0 Å². The standard InChI is InChI=1S/C15H21NO2S/c1-15(2,3)11-4-5-12-13(10-11)19-9-8-16(12)7-6-14(17)18/h4-5,10H,6-9H2,1-3H3,(H,17,18). The van der Waals surface area contributed by atoms with Gasteiger partial charge in [-0.05, 0) is 23.1 Å². The Morgan fingerprint density at radius 3 is 2.79 bits per heavy atom. The fourth-order valence-electron chi connectivity index (χ4n) is 2.21. The normalized spacial score (nSPS) is 15.2. The molecule has 0 saturated carbocycles. The van der Waals surface area contributed by atoms with Crippen LogP contribution in [0.4, 0.5) is 5.69 Å². The van der Waals surface area contributed by atoms with E-state index in [0.29, 0.717) is 6.54 Å². The van der Waals surface area contributed by atoms with Gasteiger partial charge in [0.2, 0.25) is 0 Å². The lowest BCUT2D eigenvalue weighted by Gasteiger charge is -2.32. The number of benzene rings is 1. The number of rotatable bonds is 3. The van der Waals surface area contributed by atoms with Gasteiger partial charge in [0.15, 0.2) is 0 Å². The fraction of sp³-hybridized carbons (Fsp3) is 0.533. The molecule has 1 aromatic rings. The number of aliphatic carboxylic acids is 1. The topological polar surface area (TPSA) is 40.5 Å². The summed E-state index contributed by atoms with van der Waals surface area (Å²) in [6.45, 7) is 8.16. The first kappa shape index (κ1) is 14.3. The fourth-order valence-corrected chi connectivity index (χ4v) is 3.29. The Kier molecular flexibility index (Phi) is 4.09. The molecular formula is C15H21NO2S. The number of carbonyl (C=O) groups is 1. The molecule has 3 nitrogen and oxygen atoms in total. The number of carboxylic acid groups (broad SMARTS) is 1. The summed E-state index contributed by atoms with van der Waals surface area (Å²) in [5.41, 5.74) is 2.67. The van der Waals surface area contributed by atoms with Gasteiger partial charge in [-0.2, -0.15) is 0 Å². The van der Waals surface area contributed by atoms with E-state index in [-0.39, 0.29) is 11.8 Å². The molecule has 1 aliphatic rings. The number of thioether (sulfide) groups is 1. The predicted octanol–water partition coefficient (Wildman–Crippen LogP) is 3.37. The van der Waals surface area contributed by atoms with Crippen LogP contribution in [0.2, 0.25) is 0 Å². The van der Waals surface area contributed by atoms with E-state index in [1.165, 1.54) is 16.1 Å². The second-order valence-electron chi connectivity index (χ2n) is 5.91. The van der Waals surface area contributed by atoms with Crippen LogP contribution < -0.4 is 4.90 Å². The maximum atomic E-state index is 10.7. The van der Waals surface area contributed by atoms with Crippen molar-refractivity contribution in [3.8, 4) is 0 Å². The molecule has 1 aromatic carbocycles. The van der Waals surface area contributed by atoms with Gasteiger partial charge in [0.05, 0.1) is 12.1 Å². The second-order valence-corrected chi connectivity index (χ2v) is 7.05. The third kappa shape index (κ3) is 3.44. The second kappa shape index (κ2) is 5.45. The van der Waals surface area contributed by atoms with Gasteiger partial charge < -0.3 is 10.0 Å². The third-order valence-corrected chi connectivity index (χ3v) is 4.41. The Balaban J connectivity index is 2.23. The third-order valence-electron chi connectivity index (χ3n) is 3.38. The molecule has 2 rings (SSSR count). The van der Waals surface area contributed by atoms with Gasteiger partial charge >= 0.3 is 5.97 Å². The average molecular weight is 279 g/mol. The van der Waals surface area contributed by atoms with E-state index >= 15 is 0 Å². The maximum Gasteiger partial charge on any atom is 0.305 e. The van der Waals surface area contributed by atoms with Crippen molar-refractivity contribution in [1.29, 1.82) is 0 Å². The number of carboxylic acids is 1. The largest absolute Gasteiger partial charge is 0.481 e. The van der Waals surface area contributed by atoms with Crippen LogP contribution >= 0.6 is 11.8 Å². The van der Waals surface area contributed by atoms with E-state index in [1.807, 2.05) is 11.8 Å². The summed E-state index contributed by atoms with van der Waals surface area (Å²) >= 11 is 1.87. The van der Waals surface area contributed by atoms with Crippen molar-refractivity contribution in [2.45, 2.75) is 37.5 Å². The molecule has 1 heterocycles. The smallest absolute Gasteiger partial charge is 0.305 e. The molecule has 19 heavy (non-hydrogen) atoms. The van der Waals surface area contributed by atoms with Crippen molar-refractivity contribution in [2.75, 3.05) is 23.7 Å². The molecular weight excluding hydrogens is 258 g/mol. The number of nitrogens with zero attached hydrogens (tertiary/aromatic N) is 1.